The highest BCUT2D eigenvalue weighted by Crippen LogP contribution is 2.30. The Hall–Kier alpha value is -4.01. The summed E-state index contributed by atoms with van der Waals surface area (Å²) in [6.45, 7) is 6.54. The average Bonchev–Trinajstić information content (AvgIpc) is 3.05. The first-order valence-corrected chi connectivity index (χ1v) is 12.4. The molecule has 1 fully saturated rings. The van der Waals surface area contributed by atoms with Crippen LogP contribution in [-0.4, -0.2) is 56.9 Å². The number of anilines is 2. The largest absolute Gasteiger partial charge is 0.354 e. The summed E-state index contributed by atoms with van der Waals surface area (Å²) in [5.74, 6) is 1.20. The molecule has 0 atom stereocenters. The molecule has 1 aliphatic rings. The lowest BCUT2D eigenvalue weighted by Crippen LogP contribution is -2.38. The van der Waals surface area contributed by atoms with Crippen molar-refractivity contribution in [3.63, 3.8) is 0 Å². The van der Waals surface area contributed by atoms with Crippen LogP contribution in [0.4, 0.5) is 20.7 Å². The second-order valence-corrected chi connectivity index (χ2v) is 8.98. The number of nitrogens with zero attached hydrogens (tertiary/aromatic N) is 6. The minimum Gasteiger partial charge on any atom is -0.354 e. The van der Waals surface area contributed by atoms with Crippen LogP contribution < -0.4 is 10.2 Å². The Balaban J connectivity index is 1.44. The summed E-state index contributed by atoms with van der Waals surface area (Å²) in [6, 6.07) is 15.9. The van der Waals surface area contributed by atoms with E-state index in [9.17, 15) is 9.18 Å². The Bertz CT molecular complexity index is 1370. The van der Waals surface area contributed by atoms with Gasteiger partial charge in [0, 0.05) is 32.6 Å². The van der Waals surface area contributed by atoms with Crippen LogP contribution in [0.15, 0.2) is 54.6 Å². The third kappa shape index (κ3) is 4.73. The van der Waals surface area contributed by atoms with E-state index in [-0.39, 0.29) is 11.7 Å². The summed E-state index contributed by atoms with van der Waals surface area (Å²) >= 11 is 0. The maximum absolute atomic E-state index is 14.0. The molecule has 4 aromatic rings. The standard InChI is InChI=1S/C27H30FN7O/c1-3-10-23-30-25(24-19(2)32-35(26(24)31-23)20-11-5-4-6-12-20)33-15-9-16-34(18-17-33)27(36)29-22-14-8-7-13-21(22)28/h4-8,11-14H,3,9-10,15-18H2,1-2H3,(H,29,36). The zero-order valence-electron chi connectivity index (χ0n) is 20.6. The molecule has 2 aromatic heterocycles. The van der Waals surface area contributed by atoms with Gasteiger partial charge >= 0.3 is 6.03 Å². The third-order valence-electron chi connectivity index (χ3n) is 6.40. The smallest absolute Gasteiger partial charge is 0.321 e. The van der Waals surface area contributed by atoms with Crippen molar-refractivity contribution in [3.8, 4) is 5.69 Å². The zero-order chi connectivity index (χ0) is 25.1. The lowest BCUT2D eigenvalue weighted by Gasteiger charge is -2.24. The molecule has 9 heteroatoms. The molecule has 0 aliphatic carbocycles. The first kappa shape index (κ1) is 23.7. The molecule has 2 aromatic carbocycles. The molecule has 0 unspecified atom stereocenters. The number of aromatic nitrogens is 4. The van der Waals surface area contributed by atoms with Gasteiger partial charge < -0.3 is 15.1 Å². The number of rotatable bonds is 5. The number of benzene rings is 2. The number of carbonyl (C=O) groups excluding carboxylic acids is 1. The van der Waals surface area contributed by atoms with Gasteiger partial charge in [-0.05, 0) is 44.0 Å². The van der Waals surface area contributed by atoms with E-state index in [0.29, 0.717) is 19.6 Å². The van der Waals surface area contributed by atoms with Crippen LogP contribution in [0.2, 0.25) is 0 Å². The number of aryl methyl sites for hydroxylation is 2. The van der Waals surface area contributed by atoms with Crippen LogP contribution in [0.25, 0.3) is 16.7 Å². The first-order chi connectivity index (χ1) is 17.5. The molecule has 0 radical (unpaired) electrons. The highest BCUT2D eigenvalue weighted by atomic mass is 19.1. The molecule has 2 amide bonds. The number of urea groups is 1. The van der Waals surface area contributed by atoms with E-state index >= 15 is 0 Å². The maximum Gasteiger partial charge on any atom is 0.321 e. The highest BCUT2D eigenvalue weighted by Gasteiger charge is 2.25. The second kappa shape index (κ2) is 10.3. The fraction of sp³-hybridized carbons (Fsp3) is 0.333. The molecular formula is C27H30FN7O. The minimum atomic E-state index is -0.444. The number of amides is 2. The van der Waals surface area contributed by atoms with Gasteiger partial charge in [-0.3, -0.25) is 0 Å². The van der Waals surface area contributed by atoms with Crippen LogP contribution >= 0.6 is 0 Å². The summed E-state index contributed by atoms with van der Waals surface area (Å²) in [7, 11) is 0. The van der Waals surface area contributed by atoms with Gasteiger partial charge in [-0.25, -0.2) is 23.8 Å². The van der Waals surface area contributed by atoms with E-state index in [1.54, 1.807) is 23.1 Å². The number of para-hydroxylation sites is 2. The summed E-state index contributed by atoms with van der Waals surface area (Å²) in [6.07, 6.45) is 2.48. The van der Waals surface area contributed by atoms with Crippen molar-refractivity contribution in [1.82, 2.24) is 24.6 Å². The molecular weight excluding hydrogens is 457 g/mol. The molecule has 0 bridgehead atoms. The van der Waals surface area contributed by atoms with Gasteiger partial charge in [0.05, 0.1) is 22.5 Å². The van der Waals surface area contributed by atoms with Crippen molar-refractivity contribution in [3.05, 3.63) is 71.9 Å². The van der Waals surface area contributed by atoms with E-state index in [1.165, 1.54) is 6.07 Å². The van der Waals surface area contributed by atoms with E-state index in [1.807, 2.05) is 41.9 Å². The Morgan fingerprint density at radius 3 is 2.56 bits per heavy atom. The lowest BCUT2D eigenvalue weighted by atomic mass is 10.2. The van der Waals surface area contributed by atoms with E-state index in [0.717, 1.165) is 59.9 Å². The molecule has 36 heavy (non-hydrogen) atoms. The Morgan fingerprint density at radius 1 is 1.00 bits per heavy atom. The minimum absolute atomic E-state index is 0.189. The summed E-state index contributed by atoms with van der Waals surface area (Å²) < 4.78 is 15.9. The SMILES string of the molecule is CCCc1nc(N2CCCN(C(=O)Nc3ccccc3F)CC2)c2c(C)nn(-c3ccccc3)c2n1. The molecule has 1 saturated heterocycles. The first-order valence-electron chi connectivity index (χ1n) is 12.4. The molecule has 8 nitrogen and oxygen atoms in total. The molecule has 0 spiro atoms. The monoisotopic (exact) mass is 487 g/mol. The molecule has 3 heterocycles. The fourth-order valence-electron chi connectivity index (χ4n) is 4.61. The van der Waals surface area contributed by atoms with Crippen LogP contribution in [0, 0.1) is 12.7 Å². The zero-order valence-corrected chi connectivity index (χ0v) is 20.6. The van der Waals surface area contributed by atoms with Crippen molar-refractivity contribution < 1.29 is 9.18 Å². The Labute approximate surface area is 209 Å². The van der Waals surface area contributed by atoms with E-state index in [2.05, 4.69) is 17.1 Å². The molecule has 1 N–H and O–H groups in total. The predicted molar refractivity (Wildman–Crippen MR) is 139 cm³/mol. The van der Waals surface area contributed by atoms with Crippen LogP contribution in [-0.2, 0) is 6.42 Å². The second-order valence-electron chi connectivity index (χ2n) is 8.98. The van der Waals surface area contributed by atoms with E-state index in [4.69, 9.17) is 15.1 Å². The Morgan fingerprint density at radius 2 is 1.78 bits per heavy atom. The predicted octanol–water partition coefficient (Wildman–Crippen LogP) is 4.96. The topological polar surface area (TPSA) is 79.2 Å². The number of hydrogen-bond acceptors (Lipinski definition) is 5. The van der Waals surface area contributed by atoms with Crippen molar-refractivity contribution in [2.75, 3.05) is 36.4 Å². The van der Waals surface area contributed by atoms with Gasteiger partial charge in [-0.1, -0.05) is 37.3 Å². The summed E-state index contributed by atoms with van der Waals surface area (Å²) in [5, 5.41) is 8.45. The number of halogens is 1. The van der Waals surface area contributed by atoms with Crippen molar-refractivity contribution in [2.45, 2.75) is 33.1 Å². The van der Waals surface area contributed by atoms with Gasteiger partial charge in [0.25, 0.3) is 0 Å². The number of carbonyl (C=O) groups is 1. The maximum atomic E-state index is 14.0. The number of hydrogen-bond donors (Lipinski definition) is 1. The van der Waals surface area contributed by atoms with Crippen molar-refractivity contribution in [2.24, 2.45) is 0 Å². The summed E-state index contributed by atoms with van der Waals surface area (Å²) in [5.41, 5.74) is 2.81. The number of nitrogens with one attached hydrogen (secondary N) is 1. The summed E-state index contributed by atoms with van der Waals surface area (Å²) in [4.78, 5) is 26.7. The van der Waals surface area contributed by atoms with E-state index < -0.39 is 5.82 Å². The molecule has 186 valence electrons. The normalized spacial score (nSPS) is 14.2. The van der Waals surface area contributed by atoms with Gasteiger partial charge in [0.2, 0.25) is 0 Å². The Kier molecular flexibility index (Phi) is 6.79. The van der Waals surface area contributed by atoms with Crippen LogP contribution in [0.1, 0.15) is 31.3 Å². The van der Waals surface area contributed by atoms with Crippen LogP contribution in [0.5, 0.6) is 0 Å². The van der Waals surface area contributed by atoms with Crippen molar-refractivity contribution in [1.29, 1.82) is 0 Å². The quantitative estimate of drug-likeness (QED) is 0.431. The highest BCUT2D eigenvalue weighted by molar-refractivity contribution is 5.91. The lowest BCUT2D eigenvalue weighted by molar-refractivity contribution is 0.215. The van der Waals surface area contributed by atoms with Gasteiger partial charge in [-0.2, -0.15) is 5.10 Å². The van der Waals surface area contributed by atoms with Gasteiger partial charge in [-0.15, -0.1) is 0 Å². The fourth-order valence-corrected chi connectivity index (χ4v) is 4.61. The van der Waals surface area contributed by atoms with Crippen molar-refractivity contribution >= 4 is 28.6 Å². The molecule has 5 rings (SSSR count). The van der Waals surface area contributed by atoms with Gasteiger partial charge in [0.1, 0.15) is 17.5 Å². The number of fused-ring (bicyclic) bond motifs is 1. The third-order valence-corrected chi connectivity index (χ3v) is 6.40. The van der Waals surface area contributed by atoms with Crippen LogP contribution in [0.3, 0.4) is 0 Å². The average molecular weight is 488 g/mol. The molecule has 1 aliphatic heterocycles. The molecule has 0 saturated carbocycles. The van der Waals surface area contributed by atoms with Gasteiger partial charge in [0.15, 0.2) is 5.65 Å².